The van der Waals surface area contributed by atoms with Crippen LogP contribution in [0.2, 0.25) is 5.02 Å². The molecule has 2 rings (SSSR count). The summed E-state index contributed by atoms with van der Waals surface area (Å²) in [6.45, 7) is 1.93. The molecule has 84 valence electrons. The maximum absolute atomic E-state index is 13.2. The van der Waals surface area contributed by atoms with Crippen LogP contribution in [0.25, 0.3) is 0 Å². The highest BCUT2D eigenvalue weighted by atomic mass is 79.9. The molecular weight excluding hydrogens is 317 g/mol. The Morgan fingerprint density at radius 2 is 2.25 bits per heavy atom. The van der Waals surface area contributed by atoms with Crippen molar-refractivity contribution in [1.82, 2.24) is 4.98 Å². The van der Waals surface area contributed by atoms with Gasteiger partial charge in [0.2, 0.25) is 0 Å². The number of rotatable bonds is 2. The van der Waals surface area contributed by atoms with Gasteiger partial charge in [-0.1, -0.05) is 22.9 Å². The molecule has 0 bridgehead atoms. The summed E-state index contributed by atoms with van der Waals surface area (Å²) in [4.78, 5) is 5.08. The maximum Gasteiger partial charge on any atom is 0.278 e. The van der Waals surface area contributed by atoms with Gasteiger partial charge in [-0.15, -0.1) is 0 Å². The molecule has 1 aromatic carbocycles. The second kappa shape index (κ2) is 4.69. The third-order valence-corrected chi connectivity index (χ3v) is 3.41. The first-order valence-corrected chi connectivity index (χ1v) is 6.30. The molecule has 0 amide bonds. The average molecular weight is 323 g/mol. The first-order valence-electron chi connectivity index (χ1n) is 4.31. The highest BCUT2D eigenvalue weighted by Crippen LogP contribution is 2.32. The second-order valence-corrected chi connectivity index (χ2v) is 5.50. The van der Waals surface area contributed by atoms with Crippen molar-refractivity contribution in [3.05, 3.63) is 38.5 Å². The van der Waals surface area contributed by atoms with Crippen LogP contribution in [-0.4, -0.2) is 4.98 Å². The van der Waals surface area contributed by atoms with Crippen molar-refractivity contribution in [3.8, 4) is 10.9 Å². The monoisotopic (exact) mass is 321 g/mol. The number of hydrogen-bond acceptors (Lipinski definition) is 3. The van der Waals surface area contributed by atoms with E-state index in [1.54, 1.807) is 6.20 Å². The number of halogens is 3. The van der Waals surface area contributed by atoms with Gasteiger partial charge in [-0.2, -0.15) is 0 Å². The molecule has 0 aliphatic carbocycles. The number of hydrogen-bond donors (Lipinski definition) is 0. The van der Waals surface area contributed by atoms with E-state index in [2.05, 4.69) is 20.9 Å². The standard InChI is InChI=1S/C10H6BrClFNOS/c1-5-4-14-10(16-5)15-6-2-7(11)9(13)8(12)3-6/h2-4H,1H3. The van der Waals surface area contributed by atoms with Crippen LogP contribution in [0.3, 0.4) is 0 Å². The minimum Gasteiger partial charge on any atom is -0.431 e. The largest absolute Gasteiger partial charge is 0.431 e. The summed E-state index contributed by atoms with van der Waals surface area (Å²) in [5.41, 5.74) is 0. The number of aromatic nitrogens is 1. The van der Waals surface area contributed by atoms with Crippen LogP contribution in [0.15, 0.2) is 22.8 Å². The molecule has 1 aromatic heterocycles. The zero-order valence-corrected chi connectivity index (χ0v) is 11.3. The molecule has 0 N–H and O–H groups in total. The Morgan fingerprint density at radius 3 is 2.81 bits per heavy atom. The van der Waals surface area contributed by atoms with E-state index in [0.717, 1.165) is 4.88 Å². The third kappa shape index (κ3) is 2.53. The first kappa shape index (κ1) is 11.8. The van der Waals surface area contributed by atoms with Crippen LogP contribution in [-0.2, 0) is 0 Å². The fourth-order valence-corrected chi connectivity index (χ4v) is 2.46. The van der Waals surface area contributed by atoms with Gasteiger partial charge < -0.3 is 4.74 Å². The van der Waals surface area contributed by atoms with E-state index in [1.807, 2.05) is 6.92 Å². The van der Waals surface area contributed by atoms with Crippen molar-refractivity contribution in [2.75, 3.05) is 0 Å². The number of ether oxygens (including phenoxy) is 1. The van der Waals surface area contributed by atoms with Crippen molar-refractivity contribution in [2.24, 2.45) is 0 Å². The third-order valence-electron chi connectivity index (χ3n) is 1.76. The minimum absolute atomic E-state index is 0.0117. The highest BCUT2D eigenvalue weighted by molar-refractivity contribution is 9.10. The Hall–Kier alpha value is -0.650. The Balaban J connectivity index is 2.28. The molecule has 0 atom stereocenters. The summed E-state index contributed by atoms with van der Waals surface area (Å²) in [6.07, 6.45) is 1.71. The molecule has 0 unspecified atom stereocenters. The molecule has 0 spiro atoms. The van der Waals surface area contributed by atoms with Crippen molar-refractivity contribution in [3.63, 3.8) is 0 Å². The van der Waals surface area contributed by atoms with Gasteiger partial charge in [0.1, 0.15) is 5.75 Å². The lowest BCUT2D eigenvalue weighted by Gasteiger charge is -2.04. The first-order chi connectivity index (χ1) is 7.56. The van der Waals surface area contributed by atoms with Crippen LogP contribution < -0.4 is 4.74 Å². The topological polar surface area (TPSA) is 22.1 Å². The molecule has 0 radical (unpaired) electrons. The van der Waals surface area contributed by atoms with Gasteiger partial charge in [-0.3, -0.25) is 0 Å². The SMILES string of the molecule is Cc1cnc(Oc2cc(Cl)c(F)c(Br)c2)s1. The fraction of sp³-hybridized carbons (Fsp3) is 0.100. The van der Waals surface area contributed by atoms with Crippen molar-refractivity contribution < 1.29 is 9.13 Å². The molecule has 0 saturated heterocycles. The van der Waals surface area contributed by atoms with Gasteiger partial charge in [-0.05, 0) is 28.9 Å². The van der Waals surface area contributed by atoms with Crippen LogP contribution in [0, 0.1) is 12.7 Å². The van der Waals surface area contributed by atoms with Gasteiger partial charge >= 0.3 is 0 Å². The summed E-state index contributed by atoms with van der Waals surface area (Å²) in [6, 6.07) is 2.93. The number of nitrogens with zero attached hydrogens (tertiary/aromatic N) is 1. The Bertz CT molecular complexity index is 508. The molecule has 2 nitrogen and oxygen atoms in total. The van der Waals surface area contributed by atoms with Crippen molar-refractivity contribution >= 4 is 38.9 Å². The number of benzene rings is 1. The number of aryl methyl sites for hydroxylation is 1. The molecule has 6 heteroatoms. The van der Waals surface area contributed by atoms with Gasteiger partial charge in [0.25, 0.3) is 5.19 Å². The van der Waals surface area contributed by atoms with Gasteiger partial charge in [0.05, 0.1) is 9.50 Å². The quantitative estimate of drug-likeness (QED) is 0.741. The summed E-state index contributed by atoms with van der Waals surface area (Å²) < 4.78 is 18.9. The molecule has 0 saturated carbocycles. The predicted octanol–water partition coefficient (Wildman–Crippen LogP) is 4.80. The normalized spacial score (nSPS) is 10.5. The molecule has 1 heterocycles. The second-order valence-electron chi connectivity index (χ2n) is 3.04. The van der Waals surface area contributed by atoms with Crippen LogP contribution >= 0.6 is 38.9 Å². The molecule has 0 fully saturated rings. The smallest absolute Gasteiger partial charge is 0.278 e. The predicted molar refractivity (Wildman–Crippen MR) is 66.0 cm³/mol. The molecular formula is C10H6BrClFNOS. The van der Waals surface area contributed by atoms with Crippen LogP contribution in [0.5, 0.6) is 10.9 Å². The Morgan fingerprint density at radius 1 is 1.50 bits per heavy atom. The van der Waals surface area contributed by atoms with E-state index < -0.39 is 5.82 Å². The lowest BCUT2D eigenvalue weighted by molar-refractivity contribution is 0.476. The molecule has 16 heavy (non-hydrogen) atoms. The Labute approximate surface area is 109 Å². The molecule has 2 aromatic rings. The molecule has 0 aliphatic heterocycles. The molecule has 0 aliphatic rings. The fourth-order valence-electron chi connectivity index (χ4n) is 1.07. The van der Waals surface area contributed by atoms with Crippen LogP contribution in [0.1, 0.15) is 4.88 Å². The maximum atomic E-state index is 13.2. The van der Waals surface area contributed by atoms with E-state index >= 15 is 0 Å². The highest BCUT2D eigenvalue weighted by Gasteiger charge is 2.09. The summed E-state index contributed by atoms with van der Waals surface area (Å²) in [7, 11) is 0. The van der Waals surface area contributed by atoms with E-state index in [1.165, 1.54) is 23.5 Å². The minimum atomic E-state index is -0.496. The van der Waals surface area contributed by atoms with E-state index in [9.17, 15) is 4.39 Å². The van der Waals surface area contributed by atoms with Crippen LogP contribution in [0.4, 0.5) is 4.39 Å². The lowest BCUT2D eigenvalue weighted by atomic mass is 10.3. The van der Waals surface area contributed by atoms with E-state index in [4.69, 9.17) is 16.3 Å². The summed E-state index contributed by atoms with van der Waals surface area (Å²) in [5, 5.41) is 0.518. The van der Waals surface area contributed by atoms with Gasteiger partial charge in [-0.25, -0.2) is 9.37 Å². The van der Waals surface area contributed by atoms with E-state index in [-0.39, 0.29) is 9.50 Å². The number of thiazole rings is 1. The summed E-state index contributed by atoms with van der Waals surface area (Å²) in [5.74, 6) is -0.0445. The average Bonchev–Trinajstić information content (AvgIpc) is 2.60. The van der Waals surface area contributed by atoms with Gasteiger partial charge in [0, 0.05) is 17.1 Å². The summed E-state index contributed by atoms with van der Waals surface area (Å²) >= 11 is 10.2. The van der Waals surface area contributed by atoms with E-state index in [0.29, 0.717) is 10.9 Å². The lowest BCUT2D eigenvalue weighted by Crippen LogP contribution is -1.86. The van der Waals surface area contributed by atoms with Crippen molar-refractivity contribution in [2.45, 2.75) is 6.92 Å². The Kier molecular flexibility index (Phi) is 3.47. The van der Waals surface area contributed by atoms with Gasteiger partial charge in [0.15, 0.2) is 5.82 Å². The zero-order valence-electron chi connectivity index (χ0n) is 8.13. The van der Waals surface area contributed by atoms with Crippen molar-refractivity contribution in [1.29, 1.82) is 0 Å². The zero-order chi connectivity index (χ0) is 11.7.